The number of nitrogens with zero attached hydrogens (tertiary/aromatic N) is 2. The highest BCUT2D eigenvalue weighted by Gasteiger charge is 2.31. The van der Waals surface area contributed by atoms with E-state index < -0.39 is 0 Å². The van der Waals surface area contributed by atoms with Gasteiger partial charge in [-0.1, -0.05) is 42.1 Å². The molecule has 0 radical (unpaired) electrons. The molecular formula is C17H15N3O2S. The van der Waals surface area contributed by atoms with E-state index in [0.717, 1.165) is 16.9 Å². The molecule has 1 aliphatic rings. The topological polar surface area (TPSA) is 63.1 Å². The second-order valence-corrected chi connectivity index (χ2v) is 5.91. The Labute approximate surface area is 138 Å². The molecule has 3 rings (SSSR count). The molecule has 2 aromatic rings. The molecule has 0 spiro atoms. The highest BCUT2D eigenvalue weighted by Crippen LogP contribution is 2.34. The fourth-order valence-corrected chi connectivity index (χ4v) is 3.04. The van der Waals surface area contributed by atoms with Gasteiger partial charge in [-0.25, -0.2) is 0 Å². The summed E-state index contributed by atoms with van der Waals surface area (Å²) in [7, 11) is 1.62. The number of nitrogens with one attached hydrogen (secondary N) is 1. The van der Waals surface area contributed by atoms with Gasteiger partial charge >= 0.3 is 0 Å². The van der Waals surface area contributed by atoms with Crippen molar-refractivity contribution in [3.63, 3.8) is 0 Å². The van der Waals surface area contributed by atoms with Crippen LogP contribution in [0.15, 0.2) is 64.8 Å². The normalized spacial score (nSPS) is 19.3. The molecule has 1 saturated heterocycles. The number of benzene rings is 2. The van der Waals surface area contributed by atoms with Crippen LogP contribution in [0.4, 0.5) is 0 Å². The maximum Gasteiger partial charge on any atom is 0.244 e. The standard InChI is InChI=1S/C17H15N3O2S/c1-22-14-9-7-12(8-10-14)11-18-20-17-19-16(21)15(23-17)13-5-3-2-4-6-13/h2-11,15H,1H3,(H,19,20,21)/b18-11+. The minimum Gasteiger partial charge on any atom is -0.497 e. The molecule has 1 heterocycles. The van der Waals surface area contributed by atoms with Crippen molar-refractivity contribution in [3.05, 3.63) is 65.7 Å². The van der Waals surface area contributed by atoms with Gasteiger partial charge in [0.15, 0.2) is 5.17 Å². The van der Waals surface area contributed by atoms with Crippen LogP contribution in [0.2, 0.25) is 0 Å². The molecule has 1 N–H and O–H groups in total. The van der Waals surface area contributed by atoms with E-state index in [-0.39, 0.29) is 11.2 Å². The molecule has 1 fully saturated rings. The van der Waals surface area contributed by atoms with Crippen molar-refractivity contribution in [1.82, 2.24) is 5.32 Å². The quantitative estimate of drug-likeness (QED) is 0.694. The van der Waals surface area contributed by atoms with Crippen LogP contribution in [0.5, 0.6) is 5.75 Å². The third-order valence-electron chi connectivity index (χ3n) is 3.27. The van der Waals surface area contributed by atoms with E-state index in [1.807, 2.05) is 54.6 Å². The van der Waals surface area contributed by atoms with Gasteiger partial charge in [-0.2, -0.15) is 5.10 Å². The SMILES string of the molecule is COc1ccc(/C=N/N=C2\NC(=O)C(c3ccccc3)S2)cc1. The predicted molar refractivity (Wildman–Crippen MR) is 92.9 cm³/mol. The summed E-state index contributed by atoms with van der Waals surface area (Å²) in [6.07, 6.45) is 1.63. The number of hydrogen-bond acceptors (Lipinski definition) is 5. The van der Waals surface area contributed by atoms with Crippen LogP contribution in [-0.4, -0.2) is 24.4 Å². The first-order chi connectivity index (χ1) is 11.3. The van der Waals surface area contributed by atoms with Crippen LogP contribution in [0.3, 0.4) is 0 Å². The van der Waals surface area contributed by atoms with Gasteiger partial charge in [0.1, 0.15) is 11.0 Å². The number of amidine groups is 1. The summed E-state index contributed by atoms with van der Waals surface area (Å²) >= 11 is 1.37. The summed E-state index contributed by atoms with van der Waals surface area (Å²) in [6, 6.07) is 17.1. The Morgan fingerprint density at radius 2 is 1.87 bits per heavy atom. The summed E-state index contributed by atoms with van der Waals surface area (Å²) in [6.45, 7) is 0. The Morgan fingerprint density at radius 1 is 1.13 bits per heavy atom. The van der Waals surface area contributed by atoms with Gasteiger partial charge in [-0.3, -0.25) is 4.79 Å². The van der Waals surface area contributed by atoms with Gasteiger partial charge in [0, 0.05) is 0 Å². The van der Waals surface area contributed by atoms with E-state index >= 15 is 0 Å². The molecule has 1 atom stereocenters. The predicted octanol–water partition coefficient (Wildman–Crippen LogP) is 2.99. The molecule has 1 aliphatic heterocycles. The lowest BCUT2D eigenvalue weighted by Crippen LogP contribution is -2.21. The fraction of sp³-hybridized carbons (Fsp3) is 0.118. The van der Waals surface area contributed by atoms with Crippen molar-refractivity contribution >= 4 is 29.1 Å². The summed E-state index contributed by atoms with van der Waals surface area (Å²) < 4.78 is 5.10. The summed E-state index contributed by atoms with van der Waals surface area (Å²) in [4.78, 5) is 12.0. The molecular weight excluding hydrogens is 310 g/mol. The Balaban J connectivity index is 1.66. The van der Waals surface area contributed by atoms with Crippen LogP contribution >= 0.6 is 11.8 Å². The summed E-state index contributed by atoms with van der Waals surface area (Å²) in [5, 5.41) is 11.1. The second-order valence-electron chi connectivity index (χ2n) is 4.82. The fourth-order valence-electron chi connectivity index (χ4n) is 2.10. The maximum absolute atomic E-state index is 12.0. The number of ether oxygens (including phenoxy) is 1. The molecule has 0 bridgehead atoms. The van der Waals surface area contributed by atoms with Crippen molar-refractivity contribution in [2.24, 2.45) is 10.2 Å². The lowest BCUT2D eigenvalue weighted by molar-refractivity contribution is -0.118. The number of hydrogen-bond donors (Lipinski definition) is 1. The molecule has 23 heavy (non-hydrogen) atoms. The summed E-state index contributed by atoms with van der Waals surface area (Å²) in [5.74, 6) is 0.720. The van der Waals surface area contributed by atoms with Gasteiger partial charge in [0.25, 0.3) is 0 Å². The van der Waals surface area contributed by atoms with E-state index in [1.54, 1.807) is 13.3 Å². The van der Waals surface area contributed by atoms with Gasteiger partial charge in [-0.15, -0.1) is 5.10 Å². The van der Waals surface area contributed by atoms with Crippen LogP contribution < -0.4 is 10.1 Å². The van der Waals surface area contributed by atoms with Crippen molar-refractivity contribution in [2.45, 2.75) is 5.25 Å². The largest absolute Gasteiger partial charge is 0.497 e. The van der Waals surface area contributed by atoms with E-state index in [9.17, 15) is 4.79 Å². The van der Waals surface area contributed by atoms with Crippen LogP contribution in [0, 0.1) is 0 Å². The van der Waals surface area contributed by atoms with Crippen LogP contribution in [0.25, 0.3) is 0 Å². The Kier molecular flexibility index (Phi) is 4.73. The smallest absolute Gasteiger partial charge is 0.244 e. The number of rotatable bonds is 4. The first-order valence-electron chi connectivity index (χ1n) is 7.04. The van der Waals surface area contributed by atoms with E-state index in [0.29, 0.717) is 5.17 Å². The molecule has 1 unspecified atom stereocenters. The average Bonchev–Trinajstić information content (AvgIpc) is 2.97. The molecule has 0 aromatic heterocycles. The molecule has 6 heteroatoms. The van der Waals surface area contributed by atoms with Crippen molar-refractivity contribution < 1.29 is 9.53 Å². The molecule has 116 valence electrons. The zero-order valence-electron chi connectivity index (χ0n) is 12.5. The highest BCUT2D eigenvalue weighted by atomic mass is 32.2. The number of amides is 1. The van der Waals surface area contributed by atoms with Gasteiger partial charge in [0.05, 0.1) is 13.3 Å². The minimum atomic E-state index is -0.272. The second kappa shape index (κ2) is 7.11. The number of methoxy groups -OCH3 is 1. The molecule has 2 aromatic carbocycles. The third kappa shape index (κ3) is 3.78. The van der Waals surface area contributed by atoms with Gasteiger partial charge in [0.2, 0.25) is 5.91 Å². The molecule has 0 aliphatic carbocycles. The van der Waals surface area contributed by atoms with Crippen molar-refractivity contribution in [2.75, 3.05) is 7.11 Å². The van der Waals surface area contributed by atoms with E-state index in [1.165, 1.54) is 11.8 Å². The zero-order valence-corrected chi connectivity index (χ0v) is 13.3. The van der Waals surface area contributed by atoms with E-state index in [2.05, 4.69) is 15.5 Å². The number of carbonyl (C=O) groups excluding carboxylic acids is 1. The summed E-state index contributed by atoms with van der Waals surface area (Å²) in [5.41, 5.74) is 1.86. The van der Waals surface area contributed by atoms with E-state index in [4.69, 9.17) is 4.74 Å². The first kappa shape index (κ1) is 15.3. The molecule has 1 amide bonds. The number of thioether (sulfide) groups is 1. The highest BCUT2D eigenvalue weighted by molar-refractivity contribution is 8.15. The molecule has 5 nitrogen and oxygen atoms in total. The van der Waals surface area contributed by atoms with Crippen molar-refractivity contribution in [3.8, 4) is 5.75 Å². The first-order valence-corrected chi connectivity index (χ1v) is 7.92. The number of carbonyl (C=O) groups is 1. The minimum absolute atomic E-state index is 0.0698. The monoisotopic (exact) mass is 325 g/mol. The molecule has 0 saturated carbocycles. The van der Waals surface area contributed by atoms with Crippen molar-refractivity contribution in [1.29, 1.82) is 0 Å². The van der Waals surface area contributed by atoms with Gasteiger partial charge < -0.3 is 10.1 Å². The maximum atomic E-state index is 12.0. The van der Waals surface area contributed by atoms with Crippen LogP contribution in [0.1, 0.15) is 16.4 Å². The Morgan fingerprint density at radius 3 is 2.57 bits per heavy atom. The Hall–Kier alpha value is -2.60. The zero-order chi connectivity index (χ0) is 16.1. The van der Waals surface area contributed by atoms with Gasteiger partial charge in [-0.05, 0) is 35.4 Å². The third-order valence-corrected chi connectivity index (χ3v) is 4.40. The lowest BCUT2D eigenvalue weighted by atomic mass is 10.1. The lowest BCUT2D eigenvalue weighted by Gasteiger charge is -2.03. The van der Waals surface area contributed by atoms with Crippen LogP contribution in [-0.2, 0) is 4.79 Å². The Bertz CT molecular complexity index is 742. The average molecular weight is 325 g/mol.